The van der Waals surface area contributed by atoms with Crippen LogP contribution in [0.15, 0.2) is 23.3 Å². The number of thioether (sulfide) groups is 1. The summed E-state index contributed by atoms with van der Waals surface area (Å²) < 4.78 is 22.1. The molecule has 0 bridgehead atoms. The Bertz CT molecular complexity index is 802. The lowest BCUT2D eigenvalue weighted by Gasteiger charge is -2.39. The normalized spacial score (nSPS) is 23.5. The van der Waals surface area contributed by atoms with Crippen molar-refractivity contribution in [1.82, 2.24) is 9.88 Å². The van der Waals surface area contributed by atoms with Gasteiger partial charge in [-0.05, 0) is 12.1 Å². The predicted octanol–water partition coefficient (Wildman–Crippen LogP) is 1.55. The smallest absolute Gasteiger partial charge is 0.303 e. The zero-order chi connectivity index (χ0) is 22.3. The second-order valence-electron chi connectivity index (χ2n) is 6.65. The molecule has 4 atom stereocenters. The average molecular weight is 439 g/mol. The maximum absolute atomic E-state index is 11.7. The van der Waals surface area contributed by atoms with E-state index in [1.54, 1.807) is 29.6 Å². The Morgan fingerprint density at radius 3 is 2.33 bits per heavy atom. The Balaban J connectivity index is 2.33. The number of hydrogen-bond donors (Lipinski definition) is 0. The number of rotatable bonds is 7. The van der Waals surface area contributed by atoms with Crippen molar-refractivity contribution in [3.8, 4) is 5.75 Å². The fraction of sp³-hybridized carbons (Fsp3) is 0.526. The van der Waals surface area contributed by atoms with Crippen LogP contribution in [-0.2, 0) is 28.6 Å². The van der Waals surface area contributed by atoms with Crippen LogP contribution < -0.4 is 4.74 Å². The lowest BCUT2D eigenvalue weighted by molar-refractivity contribution is -0.186. The number of carbonyl (C=O) groups excluding carboxylic acids is 3. The van der Waals surface area contributed by atoms with Crippen molar-refractivity contribution >= 4 is 41.8 Å². The van der Waals surface area contributed by atoms with E-state index < -0.39 is 41.7 Å². The maximum Gasteiger partial charge on any atom is 0.303 e. The fourth-order valence-corrected chi connectivity index (χ4v) is 3.89. The number of aromatic nitrogens is 1. The number of pyridine rings is 1. The van der Waals surface area contributed by atoms with E-state index in [-0.39, 0.29) is 5.75 Å². The van der Waals surface area contributed by atoms with Gasteiger partial charge in [-0.25, -0.2) is 9.98 Å². The molecule has 1 aromatic rings. The first-order valence-electron chi connectivity index (χ1n) is 9.13. The van der Waals surface area contributed by atoms with E-state index in [9.17, 15) is 14.4 Å². The van der Waals surface area contributed by atoms with Crippen LogP contribution in [0, 0.1) is 0 Å². The molecule has 0 aliphatic carbocycles. The van der Waals surface area contributed by atoms with Crippen LogP contribution in [0.5, 0.6) is 5.75 Å². The van der Waals surface area contributed by atoms with Crippen molar-refractivity contribution in [2.24, 2.45) is 4.99 Å². The van der Waals surface area contributed by atoms with Crippen molar-refractivity contribution in [1.29, 1.82) is 0 Å². The third-order valence-corrected chi connectivity index (χ3v) is 4.92. The van der Waals surface area contributed by atoms with Gasteiger partial charge in [-0.3, -0.25) is 14.4 Å². The molecule has 1 aliphatic rings. The summed E-state index contributed by atoms with van der Waals surface area (Å²) >= 11 is 1.26. The molecule has 1 unspecified atom stereocenters. The van der Waals surface area contributed by atoms with E-state index in [2.05, 4.69) is 9.98 Å². The molecule has 1 aliphatic heterocycles. The second-order valence-corrected chi connectivity index (χ2v) is 7.78. The molecular formula is C19H25N3O7S. The van der Waals surface area contributed by atoms with Crippen LogP contribution in [0.4, 0.5) is 5.82 Å². The molecule has 11 heteroatoms. The Kier molecular flexibility index (Phi) is 8.46. The molecule has 2 rings (SSSR count). The number of ether oxygens (including phenoxy) is 4. The number of esters is 3. The van der Waals surface area contributed by atoms with Gasteiger partial charge in [0, 0.05) is 46.8 Å². The summed E-state index contributed by atoms with van der Waals surface area (Å²) in [4.78, 5) is 45.1. The molecule has 0 N–H and O–H groups in total. The molecule has 0 saturated carbocycles. The van der Waals surface area contributed by atoms with Gasteiger partial charge < -0.3 is 23.8 Å². The highest BCUT2D eigenvalue weighted by Gasteiger charge is 2.47. The minimum Gasteiger partial charge on any atom is -0.472 e. The van der Waals surface area contributed by atoms with Crippen LogP contribution >= 0.6 is 11.8 Å². The van der Waals surface area contributed by atoms with Crippen LogP contribution in [0.2, 0.25) is 0 Å². The molecule has 1 saturated heterocycles. The lowest BCUT2D eigenvalue weighted by atomic mass is 10.1. The second kappa shape index (κ2) is 10.8. The first-order chi connectivity index (χ1) is 14.2. The SMILES string of the molecule is CC(=O)O[C@H]1[C@H](OC(C)=O)CSC(Oc2cccnc2N=CN(C)C)[C@@H]1OC(C)=O. The van der Waals surface area contributed by atoms with Gasteiger partial charge in [0.1, 0.15) is 0 Å². The summed E-state index contributed by atoms with van der Waals surface area (Å²) in [5, 5.41) is 0. The van der Waals surface area contributed by atoms with Gasteiger partial charge in [0.05, 0.1) is 6.34 Å². The summed E-state index contributed by atoms with van der Waals surface area (Å²) in [5.41, 5.74) is -0.748. The summed E-state index contributed by atoms with van der Waals surface area (Å²) in [6.45, 7) is 3.71. The maximum atomic E-state index is 11.7. The molecule has 30 heavy (non-hydrogen) atoms. The van der Waals surface area contributed by atoms with E-state index in [4.69, 9.17) is 18.9 Å². The van der Waals surface area contributed by atoms with E-state index in [0.29, 0.717) is 11.6 Å². The van der Waals surface area contributed by atoms with Gasteiger partial charge >= 0.3 is 17.9 Å². The van der Waals surface area contributed by atoms with Gasteiger partial charge in [0.15, 0.2) is 35.3 Å². The summed E-state index contributed by atoms with van der Waals surface area (Å²) in [7, 11) is 3.64. The Morgan fingerprint density at radius 1 is 1.10 bits per heavy atom. The quantitative estimate of drug-likeness (QED) is 0.268. The van der Waals surface area contributed by atoms with Crippen molar-refractivity contribution in [2.45, 2.75) is 44.5 Å². The van der Waals surface area contributed by atoms with Gasteiger partial charge in [0.2, 0.25) is 0 Å². The monoisotopic (exact) mass is 439 g/mol. The minimum atomic E-state index is -1.02. The highest BCUT2D eigenvalue weighted by Crippen LogP contribution is 2.36. The van der Waals surface area contributed by atoms with Gasteiger partial charge in [0.25, 0.3) is 0 Å². The van der Waals surface area contributed by atoms with E-state index in [1.807, 2.05) is 14.1 Å². The van der Waals surface area contributed by atoms with Gasteiger partial charge in [-0.15, -0.1) is 11.8 Å². The molecule has 0 spiro atoms. The highest BCUT2D eigenvalue weighted by atomic mass is 32.2. The Morgan fingerprint density at radius 2 is 1.73 bits per heavy atom. The van der Waals surface area contributed by atoms with Crippen LogP contribution in [0.1, 0.15) is 20.8 Å². The first-order valence-corrected chi connectivity index (χ1v) is 10.2. The van der Waals surface area contributed by atoms with Gasteiger partial charge in [-0.1, -0.05) is 0 Å². The largest absolute Gasteiger partial charge is 0.472 e. The molecule has 0 aromatic carbocycles. The molecule has 1 aromatic heterocycles. The molecule has 1 fully saturated rings. The number of nitrogens with zero attached hydrogens (tertiary/aromatic N) is 3. The standard InChI is InChI=1S/C19H25N3O7S/c1-11(23)26-15-9-30-19(17(28-13(3)25)16(15)27-12(2)24)29-14-7-6-8-20-18(14)21-10-22(4)5/h6-8,10,15-17,19H,9H2,1-5H3/t15-,16+,17-,19?/m1/s1. The number of aliphatic imine (C=N–C) groups is 1. The van der Waals surface area contributed by atoms with Crippen molar-refractivity contribution in [3.63, 3.8) is 0 Å². The Labute approximate surface area is 178 Å². The predicted molar refractivity (Wildman–Crippen MR) is 110 cm³/mol. The summed E-state index contributed by atoms with van der Waals surface area (Å²) in [5.74, 6) is -0.760. The number of hydrogen-bond acceptors (Lipinski definition) is 10. The van der Waals surface area contributed by atoms with Gasteiger partial charge in [-0.2, -0.15) is 0 Å². The van der Waals surface area contributed by atoms with E-state index in [0.717, 1.165) is 0 Å². The van der Waals surface area contributed by atoms with Crippen molar-refractivity contribution in [3.05, 3.63) is 18.3 Å². The zero-order valence-electron chi connectivity index (χ0n) is 17.4. The minimum absolute atomic E-state index is 0.274. The molecule has 0 amide bonds. The average Bonchev–Trinajstić information content (AvgIpc) is 2.64. The zero-order valence-corrected chi connectivity index (χ0v) is 18.3. The number of carbonyl (C=O) groups is 3. The summed E-state index contributed by atoms with van der Waals surface area (Å²) in [6, 6.07) is 3.36. The molecule has 10 nitrogen and oxygen atoms in total. The van der Waals surface area contributed by atoms with Crippen LogP contribution in [0.3, 0.4) is 0 Å². The molecule has 0 radical (unpaired) electrons. The van der Waals surface area contributed by atoms with Crippen LogP contribution in [-0.4, -0.2) is 77.7 Å². The highest BCUT2D eigenvalue weighted by molar-refractivity contribution is 7.99. The molecule has 2 heterocycles. The third-order valence-electron chi connectivity index (χ3n) is 3.71. The van der Waals surface area contributed by atoms with E-state index >= 15 is 0 Å². The third kappa shape index (κ3) is 6.90. The van der Waals surface area contributed by atoms with Crippen molar-refractivity contribution < 1.29 is 33.3 Å². The van der Waals surface area contributed by atoms with Crippen LogP contribution in [0.25, 0.3) is 0 Å². The fourth-order valence-electron chi connectivity index (χ4n) is 2.68. The topological polar surface area (TPSA) is 117 Å². The Hall–Kier alpha value is -2.82. The summed E-state index contributed by atoms with van der Waals surface area (Å²) in [6.07, 6.45) is 0.323. The molecule has 164 valence electrons. The molecular weight excluding hydrogens is 414 g/mol. The lowest BCUT2D eigenvalue weighted by Crippen LogP contribution is -2.55. The first kappa shape index (κ1) is 23.5. The van der Waals surface area contributed by atoms with E-state index in [1.165, 1.54) is 32.5 Å². The van der Waals surface area contributed by atoms with Crippen molar-refractivity contribution in [2.75, 3.05) is 19.8 Å².